The molecule has 2 aliphatic heterocycles. The van der Waals surface area contributed by atoms with Gasteiger partial charge in [-0.15, -0.1) is 0 Å². The van der Waals surface area contributed by atoms with Crippen LogP contribution in [0.25, 0.3) is 0 Å². The van der Waals surface area contributed by atoms with E-state index in [1.54, 1.807) is 0 Å². The molecule has 80 valence electrons. The van der Waals surface area contributed by atoms with Crippen LogP contribution in [-0.4, -0.2) is 40.3 Å². The zero-order valence-electron chi connectivity index (χ0n) is 8.85. The minimum Gasteiger partial charge on any atom is -0.354 e. The van der Waals surface area contributed by atoms with Gasteiger partial charge in [0.05, 0.1) is 11.7 Å². The second kappa shape index (κ2) is 3.25. The molecule has 1 saturated heterocycles. The van der Waals surface area contributed by atoms with Crippen molar-refractivity contribution >= 4 is 5.96 Å². The normalized spacial score (nSPS) is 24.7. The summed E-state index contributed by atoms with van der Waals surface area (Å²) in [6, 6.07) is 2.55. The Hall–Kier alpha value is -1.52. The van der Waals surface area contributed by atoms with Gasteiger partial charge in [0.15, 0.2) is 5.96 Å². The maximum atomic E-state index is 4.48. The van der Waals surface area contributed by atoms with Crippen molar-refractivity contribution in [3.05, 3.63) is 18.0 Å². The number of nitrogens with zero attached hydrogens (tertiary/aromatic N) is 4. The number of aromatic nitrogens is 2. The first-order valence-corrected chi connectivity index (χ1v) is 5.39. The van der Waals surface area contributed by atoms with E-state index >= 15 is 0 Å². The maximum Gasteiger partial charge on any atom is 0.194 e. The van der Waals surface area contributed by atoms with Crippen LogP contribution >= 0.6 is 0 Å². The highest BCUT2D eigenvalue weighted by molar-refractivity contribution is 5.82. The maximum absolute atomic E-state index is 4.48. The molecule has 0 spiro atoms. The fourth-order valence-electron chi connectivity index (χ4n) is 2.41. The number of hydrogen-bond acceptors (Lipinski definition) is 4. The monoisotopic (exact) mass is 205 g/mol. The van der Waals surface area contributed by atoms with E-state index in [2.05, 4.69) is 26.4 Å². The lowest BCUT2D eigenvalue weighted by Gasteiger charge is -2.31. The van der Waals surface area contributed by atoms with Crippen molar-refractivity contribution in [2.45, 2.75) is 12.5 Å². The summed E-state index contributed by atoms with van der Waals surface area (Å²) in [6.07, 6.45) is 2.95. The van der Waals surface area contributed by atoms with E-state index in [4.69, 9.17) is 0 Å². The second-order valence-electron chi connectivity index (χ2n) is 4.01. The summed E-state index contributed by atoms with van der Waals surface area (Å²) in [4.78, 5) is 6.83. The molecular formula is C10H15N5. The molecule has 1 atom stereocenters. The van der Waals surface area contributed by atoms with Crippen LogP contribution < -0.4 is 5.32 Å². The molecule has 0 radical (unpaired) electrons. The third-order valence-electron chi connectivity index (χ3n) is 3.15. The van der Waals surface area contributed by atoms with Crippen LogP contribution in [-0.2, 0) is 7.05 Å². The number of guanidine groups is 1. The van der Waals surface area contributed by atoms with Gasteiger partial charge in [-0.3, -0.25) is 9.67 Å². The third-order valence-corrected chi connectivity index (χ3v) is 3.15. The Kier molecular flexibility index (Phi) is 1.90. The van der Waals surface area contributed by atoms with Gasteiger partial charge in [-0.1, -0.05) is 0 Å². The molecule has 2 aliphatic rings. The van der Waals surface area contributed by atoms with Crippen LogP contribution in [0.15, 0.2) is 17.3 Å². The van der Waals surface area contributed by atoms with E-state index in [1.165, 1.54) is 5.69 Å². The van der Waals surface area contributed by atoms with Crippen LogP contribution in [0, 0.1) is 0 Å². The number of hydrogen-bond donors (Lipinski definition) is 1. The Morgan fingerprint density at radius 3 is 3.27 bits per heavy atom. The van der Waals surface area contributed by atoms with Crippen molar-refractivity contribution in [1.29, 1.82) is 0 Å². The first-order chi connectivity index (χ1) is 7.36. The average molecular weight is 205 g/mol. The van der Waals surface area contributed by atoms with E-state index < -0.39 is 0 Å². The number of aliphatic imine (C=N–C) groups is 1. The van der Waals surface area contributed by atoms with Gasteiger partial charge in [0.25, 0.3) is 0 Å². The molecular weight excluding hydrogens is 190 g/mol. The van der Waals surface area contributed by atoms with Crippen molar-refractivity contribution < 1.29 is 0 Å². The predicted octanol–water partition coefficient (Wildman–Crippen LogP) is 0.126. The molecule has 5 heteroatoms. The average Bonchev–Trinajstić information content (AvgIpc) is 2.85. The third kappa shape index (κ3) is 1.30. The first-order valence-electron chi connectivity index (χ1n) is 5.39. The summed E-state index contributed by atoms with van der Waals surface area (Å²) in [5, 5.41) is 7.55. The molecule has 0 aliphatic carbocycles. The smallest absolute Gasteiger partial charge is 0.194 e. The Balaban J connectivity index is 1.94. The quantitative estimate of drug-likeness (QED) is 0.708. The van der Waals surface area contributed by atoms with Crippen molar-refractivity contribution in [2.24, 2.45) is 12.0 Å². The van der Waals surface area contributed by atoms with Crippen LogP contribution in [0.4, 0.5) is 0 Å². The molecule has 15 heavy (non-hydrogen) atoms. The highest BCUT2D eigenvalue weighted by Gasteiger charge is 2.31. The fraction of sp³-hybridized carbons (Fsp3) is 0.600. The second-order valence-corrected chi connectivity index (χ2v) is 4.01. The molecule has 1 unspecified atom stereocenters. The number of rotatable bonds is 1. The Labute approximate surface area is 88.8 Å². The molecule has 0 bridgehead atoms. The van der Waals surface area contributed by atoms with Gasteiger partial charge in [-0.05, 0) is 12.5 Å². The highest BCUT2D eigenvalue weighted by atomic mass is 15.4. The molecule has 0 aromatic carbocycles. The Morgan fingerprint density at radius 1 is 1.53 bits per heavy atom. The van der Waals surface area contributed by atoms with Crippen molar-refractivity contribution in [1.82, 2.24) is 20.0 Å². The van der Waals surface area contributed by atoms with Gasteiger partial charge >= 0.3 is 0 Å². The van der Waals surface area contributed by atoms with E-state index in [0.29, 0.717) is 6.04 Å². The van der Waals surface area contributed by atoms with Gasteiger partial charge in [0.1, 0.15) is 0 Å². The largest absolute Gasteiger partial charge is 0.354 e. The SMILES string of the molecule is Cn1nccc1C1CCN=C2NCCN21. The number of fused-ring (bicyclic) bond motifs is 1. The minimum absolute atomic E-state index is 0.444. The Morgan fingerprint density at radius 2 is 2.47 bits per heavy atom. The van der Waals surface area contributed by atoms with Gasteiger partial charge in [0.2, 0.25) is 0 Å². The number of nitrogens with one attached hydrogen (secondary N) is 1. The summed E-state index contributed by atoms with van der Waals surface area (Å²) >= 11 is 0. The number of aryl methyl sites for hydroxylation is 1. The van der Waals surface area contributed by atoms with Crippen LogP contribution in [0.2, 0.25) is 0 Å². The van der Waals surface area contributed by atoms with Gasteiger partial charge in [-0.25, -0.2) is 0 Å². The molecule has 1 N–H and O–H groups in total. The van der Waals surface area contributed by atoms with Crippen LogP contribution in [0.1, 0.15) is 18.2 Å². The van der Waals surface area contributed by atoms with E-state index in [1.807, 2.05) is 17.9 Å². The fourth-order valence-corrected chi connectivity index (χ4v) is 2.41. The predicted molar refractivity (Wildman–Crippen MR) is 57.6 cm³/mol. The van der Waals surface area contributed by atoms with E-state index in [-0.39, 0.29) is 0 Å². The summed E-state index contributed by atoms with van der Waals surface area (Å²) in [5.41, 5.74) is 1.28. The molecule has 3 rings (SSSR count). The molecule has 0 saturated carbocycles. The van der Waals surface area contributed by atoms with Crippen LogP contribution in [0.3, 0.4) is 0 Å². The molecule has 1 fully saturated rings. The zero-order valence-corrected chi connectivity index (χ0v) is 8.85. The van der Waals surface area contributed by atoms with Crippen molar-refractivity contribution in [2.75, 3.05) is 19.6 Å². The van der Waals surface area contributed by atoms with E-state index in [9.17, 15) is 0 Å². The standard InChI is InChI=1S/C10H15N5/c1-14-8(3-5-13-14)9-2-4-11-10-12-6-7-15(9)10/h3,5,9H,2,4,6-7H2,1H3,(H,11,12). The molecule has 5 nitrogen and oxygen atoms in total. The lowest BCUT2D eigenvalue weighted by molar-refractivity contribution is 0.300. The molecule has 3 heterocycles. The lowest BCUT2D eigenvalue weighted by Crippen LogP contribution is -2.38. The topological polar surface area (TPSA) is 45.5 Å². The first kappa shape index (κ1) is 8.76. The molecule has 1 aromatic heterocycles. The Bertz CT molecular complexity index is 394. The van der Waals surface area contributed by atoms with Crippen molar-refractivity contribution in [3.63, 3.8) is 0 Å². The summed E-state index contributed by atoms with van der Waals surface area (Å²) in [6.45, 7) is 2.97. The van der Waals surface area contributed by atoms with Crippen LogP contribution in [0.5, 0.6) is 0 Å². The van der Waals surface area contributed by atoms with E-state index in [0.717, 1.165) is 32.0 Å². The molecule has 1 aromatic rings. The summed E-state index contributed by atoms with van der Waals surface area (Å²) in [5.74, 6) is 1.06. The zero-order chi connectivity index (χ0) is 10.3. The van der Waals surface area contributed by atoms with Gasteiger partial charge < -0.3 is 10.2 Å². The highest BCUT2D eigenvalue weighted by Crippen LogP contribution is 2.27. The lowest BCUT2D eigenvalue weighted by atomic mass is 10.1. The molecule has 0 amide bonds. The van der Waals surface area contributed by atoms with Crippen molar-refractivity contribution in [3.8, 4) is 0 Å². The summed E-state index contributed by atoms with van der Waals surface area (Å²) in [7, 11) is 2.00. The minimum atomic E-state index is 0.444. The summed E-state index contributed by atoms with van der Waals surface area (Å²) < 4.78 is 1.96. The van der Waals surface area contributed by atoms with Gasteiger partial charge in [0, 0.05) is 32.9 Å². The van der Waals surface area contributed by atoms with Gasteiger partial charge in [-0.2, -0.15) is 5.10 Å².